The van der Waals surface area contributed by atoms with Crippen molar-refractivity contribution >= 4 is 24.2 Å². The summed E-state index contributed by atoms with van der Waals surface area (Å²) < 4.78 is 0. The quantitative estimate of drug-likeness (QED) is 0.292. The summed E-state index contributed by atoms with van der Waals surface area (Å²) in [7, 11) is 3.75. The van der Waals surface area contributed by atoms with Crippen LogP contribution in [0.4, 0.5) is 0 Å². The second-order valence-corrected chi connectivity index (χ2v) is 6.97. The predicted molar refractivity (Wildman–Crippen MR) is 128 cm³/mol. The molecule has 0 radical (unpaired) electrons. The molecule has 33 heavy (non-hydrogen) atoms. The fourth-order valence-corrected chi connectivity index (χ4v) is 2.74. The number of carbonyl (C=O) groups excluding carboxylic acids is 1. The minimum Gasteiger partial charge on any atom is -0.480 e. The van der Waals surface area contributed by atoms with Crippen molar-refractivity contribution in [1.29, 1.82) is 0 Å². The van der Waals surface area contributed by atoms with Crippen molar-refractivity contribution in [2.45, 2.75) is 33.1 Å². The van der Waals surface area contributed by atoms with Crippen molar-refractivity contribution in [3.63, 3.8) is 0 Å². The molecule has 1 heterocycles. The van der Waals surface area contributed by atoms with Crippen LogP contribution < -0.4 is 11.1 Å². The summed E-state index contributed by atoms with van der Waals surface area (Å²) in [6.45, 7) is 7.85. The van der Waals surface area contributed by atoms with E-state index in [2.05, 4.69) is 11.1 Å². The summed E-state index contributed by atoms with van der Waals surface area (Å²) in [6.07, 6.45) is 3.56. The molecule has 1 rings (SSSR count). The second kappa shape index (κ2) is 26.1. The Hall–Kier alpha value is -2.12. The molecule has 0 unspecified atom stereocenters. The van der Waals surface area contributed by atoms with E-state index >= 15 is 0 Å². The first kappa shape index (κ1) is 35.5. The summed E-state index contributed by atoms with van der Waals surface area (Å²) in [5.74, 6) is -2.65. The fraction of sp³-hybridized carbons (Fsp3) is 0.810. The number of carboxylic acids is 3. The molecule has 0 atom stereocenters. The number of carbonyl (C=O) groups is 4. The van der Waals surface area contributed by atoms with E-state index in [-0.39, 0.29) is 26.2 Å². The maximum atomic E-state index is 10.9. The minimum absolute atomic E-state index is 0.0140. The van der Waals surface area contributed by atoms with Crippen molar-refractivity contribution < 1.29 is 34.5 Å². The number of aliphatic carboxylic acids is 3. The van der Waals surface area contributed by atoms with Gasteiger partial charge in [0.1, 0.15) is 6.29 Å². The third-order valence-corrected chi connectivity index (χ3v) is 4.14. The standard InChI is InChI=1S/C15H27N3O5.C2H5NO2.C2H7N.C2H6/c19-11-10-16-6-8-17(12-14(20)21)4-2-1-3-5-18(9-7-16)13-15(22)23;3-1-2(4)5;1-3-2;1-2/h11H,1-10,12-13H2,(H,20,21)(H,22,23);1,3H2,(H,4,5);3H,1-2H3;1-2H3. The third-order valence-electron chi connectivity index (χ3n) is 4.14. The van der Waals surface area contributed by atoms with E-state index in [1.165, 1.54) is 0 Å². The Bertz CT molecular complexity index is 479. The van der Waals surface area contributed by atoms with E-state index in [0.29, 0.717) is 39.3 Å². The molecule has 0 saturated carbocycles. The average molecular weight is 480 g/mol. The lowest BCUT2D eigenvalue weighted by atomic mass is 10.2. The average Bonchev–Trinajstić information content (AvgIpc) is 2.75. The monoisotopic (exact) mass is 479 g/mol. The molecule has 1 fully saturated rings. The van der Waals surface area contributed by atoms with Crippen LogP contribution in [0, 0.1) is 0 Å². The van der Waals surface area contributed by atoms with E-state index in [0.717, 1.165) is 25.5 Å². The zero-order valence-electron chi connectivity index (χ0n) is 20.7. The molecule has 0 aliphatic carbocycles. The summed E-state index contributed by atoms with van der Waals surface area (Å²) in [6, 6.07) is 0. The van der Waals surface area contributed by atoms with Gasteiger partial charge in [-0.3, -0.25) is 29.1 Å². The molecule has 0 amide bonds. The van der Waals surface area contributed by atoms with Crippen LogP contribution in [0.5, 0.6) is 0 Å². The molecule has 0 aromatic carbocycles. The molecule has 196 valence electrons. The number of hydrogen-bond acceptors (Lipinski definition) is 9. The highest BCUT2D eigenvalue weighted by molar-refractivity contribution is 5.69. The van der Waals surface area contributed by atoms with E-state index < -0.39 is 17.9 Å². The molecular formula is C21H45N5O7. The lowest BCUT2D eigenvalue weighted by Crippen LogP contribution is -2.43. The summed E-state index contributed by atoms with van der Waals surface area (Å²) >= 11 is 0. The van der Waals surface area contributed by atoms with Crippen LogP contribution in [0.3, 0.4) is 0 Å². The van der Waals surface area contributed by atoms with Gasteiger partial charge in [0.25, 0.3) is 0 Å². The Balaban J connectivity index is -0.000000763. The molecule has 12 nitrogen and oxygen atoms in total. The van der Waals surface area contributed by atoms with Gasteiger partial charge in [0.05, 0.1) is 26.2 Å². The Kier molecular flexibility index (Phi) is 28.1. The number of nitrogens with one attached hydrogen (secondary N) is 1. The first-order valence-electron chi connectivity index (χ1n) is 11.2. The Morgan fingerprint density at radius 1 is 0.758 bits per heavy atom. The maximum absolute atomic E-state index is 10.9. The predicted octanol–water partition coefficient (Wildman–Crippen LogP) is -0.664. The van der Waals surface area contributed by atoms with Crippen LogP contribution >= 0.6 is 0 Å². The second-order valence-electron chi connectivity index (χ2n) is 6.97. The van der Waals surface area contributed by atoms with Crippen molar-refractivity contribution in [3.05, 3.63) is 0 Å². The molecule has 12 heteroatoms. The van der Waals surface area contributed by atoms with E-state index in [9.17, 15) is 19.2 Å². The van der Waals surface area contributed by atoms with Gasteiger partial charge in [0.2, 0.25) is 0 Å². The molecule has 0 aromatic rings. The van der Waals surface area contributed by atoms with E-state index in [1.54, 1.807) is 0 Å². The minimum atomic E-state index is -0.968. The smallest absolute Gasteiger partial charge is 0.317 e. The van der Waals surface area contributed by atoms with Gasteiger partial charge in [-0.1, -0.05) is 20.3 Å². The Morgan fingerprint density at radius 3 is 1.36 bits per heavy atom. The molecule has 1 aliphatic heterocycles. The van der Waals surface area contributed by atoms with Gasteiger partial charge < -0.3 is 31.2 Å². The van der Waals surface area contributed by atoms with Crippen molar-refractivity contribution in [1.82, 2.24) is 20.0 Å². The van der Waals surface area contributed by atoms with Crippen molar-refractivity contribution in [2.75, 3.05) is 79.5 Å². The van der Waals surface area contributed by atoms with Crippen LogP contribution in [0.25, 0.3) is 0 Å². The highest BCUT2D eigenvalue weighted by atomic mass is 16.4. The zero-order valence-corrected chi connectivity index (χ0v) is 20.7. The Labute approximate surface area is 197 Å². The van der Waals surface area contributed by atoms with Gasteiger partial charge in [-0.25, -0.2) is 0 Å². The van der Waals surface area contributed by atoms with Crippen LogP contribution in [0.2, 0.25) is 0 Å². The molecular weight excluding hydrogens is 434 g/mol. The number of nitrogens with two attached hydrogens (primary N) is 1. The summed E-state index contributed by atoms with van der Waals surface area (Å²) in [5.41, 5.74) is 4.57. The lowest BCUT2D eigenvalue weighted by molar-refractivity contribution is -0.139. The number of carboxylic acid groups (broad SMARTS) is 3. The fourth-order valence-electron chi connectivity index (χ4n) is 2.74. The largest absolute Gasteiger partial charge is 0.480 e. The molecule has 1 saturated heterocycles. The number of rotatable bonds is 7. The molecule has 6 N–H and O–H groups in total. The van der Waals surface area contributed by atoms with Crippen LogP contribution in [0.1, 0.15) is 33.1 Å². The molecule has 0 bridgehead atoms. The summed E-state index contributed by atoms with van der Waals surface area (Å²) in [4.78, 5) is 47.6. The van der Waals surface area contributed by atoms with Crippen molar-refractivity contribution in [3.8, 4) is 0 Å². The molecule has 0 spiro atoms. The first-order valence-corrected chi connectivity index (χ1v) is 11.2. The van der Waals surface area contributed by atoms with Crippen LogP contribution in [-0.2, 0) is 19.2 Å². The van der Waals surface area contributed by atoms with Gasteiger partial charge in [0.15, 0.2) is 0 Å². The van der Waals surface area contributed by atoms with Gasteiger partial charge in [-0.05, 0) is 40.0 Å². The van der Waals surface area contributed by atoms with Crippen LogP contribution in [-0.4, -0.2) is 134 Å². The van der Waals surface area contributed by atoms with Crippen molar-refractivity contribution in [2.24, 2.45) is 5.73 Å². The first-order chi connectivity index (χ1) is 15.7. The van der Waals surface area contributed by atoms with Gasteiger partial charge in [0, 0.05) is 26.2 Å². The van der Waals surface area contributed by atoms with Gasteiger partial charge >= 0.3 is 17.9 Å². The van der Waals surface area contributed by atoms with Gasteiger partial charge in [-0.15, -0.1) is 0 Å². The zero-order chi connectivity index (χ0) is 26.1. The summed E-state index contributed by atoms with van der Waals surface area (Å²) in [5, 5.41) is 28.3. The molecule has 1 aliphatic rings. The normalized spacial score (nSPS) is 16.0. The van der Waals surface area contributed by atoms with E-state index in [1.807, 2.05) is 42.6 Å². The highest BCUT2D eigenvalue weighted by Gasteiger charge is 2.16. The highest BCUT2D eigenvalue weighted by Crippen LogP contribution is 2.04. The third kappa shape index (κ3) is 27.8. The number of aldehydes is 1. The molecule has 0 aromatic heterocycles. The maximum Gasteiger partial charge on any atom is 0.317 e. The Morgan fingerprint density at radius 2 is 1.09 bits per heavy atom. The number of nitrogens with zero attached hydrogens (tertiary/aromatic N) is 3. The SMILES string of the molecule is CC.CNC.NCC(=O)O.O=CCN1CCN(CC(=O)O)CCCCCN(CC(=O)O)CC1. The topological polar surface area (TPSA) is 177 Å². The number of hydrogen-bond donors (Lipinski definition) is 5. The van der Waals surface area contributed by atoms with Gasteiger partial charge in [-0.2, -0.15) is 0 Å². The van der Waals surface area contributed by atoms with E-state index in [4.69, 9.17) is 15.3 Å². The van der Waals surface area contributed by atoms with Crippen LogP contribution in [0.15, 0.2) is 0 Å². The lowest BCUT2D eigenvalue weighted by Gasteiger charge is -2.29.